The van der Waals surface area contributed by atoms with Crippen LogP contribution in [0.25, 0.3) is 0 Å². The first-order valence-electron chi connectivity index (χ1n) is 8.58. The summed E-state index contributed by atoms with van der Waals surface area (Å²) in [6.45, 7) is 5.38. The Bertz CT molecular complexity index is 552. The number of nitrogens with one attached hydrogen (secondary N) is 2. The molecule has 0 saturated carbocycles. The molecule has 0 bridgehead atoms. The number of nitrogens with zero attached hydrogens (tertiary/aromatic N) is 2. The van der Waals surface area contributed by atoms with Crippen molar-refractivity contribution in [2.75, 3.05) is 40.4 Å². The summed E-state index contributed by atoms with van der Waals surface area (Å²) >= 11 is 3.51. The van der Waals surface area contributed by atoms with E-state index >= 15 is 0 Å². The minimum atomic E-state index is 0.0926. The smallest absolute Gasteiger partial charge is 0.224 e. The number of hydrogen-bond acceptors (Lipinski definition) is 3. The molecule has 0 heterocycles. The Hall–Kier alpha value is -1.60. The number of aliphatic imine (C=N–C) groups is 1. The maximum Gasteiger partial charge on any atom is 0.224 e. The van der Waals surface area contributed by atoms with Crippen LogP contribution >= 0.6 is 15.9 Å². The molecular weight excluding hydrogens is 384 g/mol. The molecule has 0 radical (unpaired) electrons. The molecule has 1 amide bonds. The van der Waals surface area contributed by atoms with Crippen molar-refractivity contribution in [3.05, 3.63) is 34.3 Å². The zero-order chi connectivity index (χ0) is 18.5. The number of carbonyl (C=O) groups excluding carboxylic acids is 1. The van der Waals surface area contributed by atoms with Crippen molar-refractivity contribution in [3.63, 3.8) is 0 Å². The van der Waals surface area contributed by atoms with Gasteiger partial charge in [0.2, 0.25) is 5.91 Å². The fourth-order valence-corrected chi connectivity index (χ4v) is 2.61. The van der Waals surface area contributed by atoms with E-state index in [1.165, 1.54) is 0 Å². The Morgan fingerprint density at radius 1 is 1.28 bits per heavy atom. The Morgan fingerprint density at radius 3 is 2.68 bits per heavy atom. The molecule has 25 heavy (non-hydrogen) atoms. The molecule has 140 valence electrons. The lowest BCUT2D eigenvalue weighted by molar-refractivity contribution is -0.130. The van der Waals surface area contributed by atoms with Crippen molar-refractivity contribution in [3.8, 4) is 0 Å². The quantitative estimate of drug-likeness (QED) is 0.351. The van der Waals surface area contributed by atoms with E-state index in [4.69, 9.17) is 4.74 Å². The van der Waals surface area contributed by atoms with Gasteiger partial charge in [0.05, 0.1) is 0 Å². The molecule has 0 atom stereocenters. The van der Waals surface area contributed by atoms with Crippen LogP contribution in [0.2, 0.25) is 0 Å². The van der Waals surface area contributed by atoms with E-state index in [0.29, 0.717) is 25.5 Å². The van der Waals surface area contributed by atoms with E-state index in [2.05, 4.69) is 31.6 Å². The number of benzene rings is 1. The molecular formula is C18H29BrN4O2. The van der Waals surface area contributed by atoms with Gasteiger partial charge in [-0.15, -0.1) is 0 Å². The maximum absolute atomic E-state index is 12.3. The van der Waals surface area contributed by atoms with Crippen LogP contribution in [-0.2, 0) is 16.1 Å². The monoisotopic (exact) mass is 412 g/mol. The van der Waals surface area contributed by atoms with Crippen LogP contribution in [0.4, 0.5) is 0 Å². The molecule has 1 aromatic rings. The largest absolute Gasteiger partial charge is 0.382 e. The third kappa shape index (κ3) is 8.88. The van der Waals surface area contributed by atoms with Crippen LogP contribution in [0.15, 0.2) is 33.7 Å². The van der Waals surface area contributed by atoms with Gasteiger partial charge in [0.15, 0.2) is 5.96 Å². The molecule has 0 aliphatic rings. The second-order valence-electron chi connectivity index (χ2n) is 5.57. The molecule has 6 nitrogen and oxygen atoms in total. The van der Waals surface area contributed by atoms with Crippen molar-refractivity contribution >= 4 is 27.8 Å². The average Bonchev–Trinajstić information content (AvgIpc) is 2.61. The summed E-state index contributed by atoms with van der Waals surface area (Å²) < 4.78 is 6.31. The van der Waals surface area contributed by atoms with Gasteiger partial charge in [0.1, 0.15) is 0 Å². The third-order valence-corrected chi connectivity index (χ3v) is 4.38. The predicted molar refractivity (Wildman–Crippen MR) is 106 cm³/mol. The molecule has 1 rings (SSSR count). The van der Waals surface area contributed by atoms with Gasteiger partial charge in [0.25, 0.3) is 0 Å². The van der Waals surface area contributed by atoms with Crippen LogP contribution in [-0.4, -0.2) is 57.2 Å². The minimum absolute atomic E-state index is 0.0926. The van der Waals surface area contributed by atoms with E-state index < -0.39 is 0 Å². The highest BCUT2D eigenvalue weighted by molar-refractivity contribution is 9.10. The predicted octanol–water partition coefficient (Wildman–Crippen LogP) is 2.39. The van der Waals surface area contributed by atoms with Crippen molar-refractivity contribution in [1.82, 2.24) is 15.5 Å². The van der Waals surface area contributed by atoms with E-state index in [1.54, 1.807) is 11.9 Å². The summed E-state index contributed by atoms with van der Waals surface area (Å²) in [5, 5.41) is 6.37. The van der Waals surface area contributed by atoms with Gasteiger partial charge in [-0.1, -0.05) is 34.1 Å². The SMILES string of the molecule is CCOCCCNC(=NC)NCCC(=O)N(C)Cc1ccccc1Br. The lowest BCUT2D eigenvalue weighted by atomic mass is 10.2. The van der Waals surface area contributed by atoms with Crippen molar-refractivity contribution in [2.24, 2.45) is 4.99 Å². The molecule has 0 aliphatic carbocycles. The van der Waals surface area contributed by atoms with Gasteiger partial charge in [-0.25, -0.2) is 0 Å². The lowest BCUT2D eigenvalue weighted by Crippen LogP contribution is -2.40. The van der Waals surface area contributed by atoms with Gasteiger partial charge in [-0.2, -0.15) is 0 Å². The first-order valence-corrected chi connectivity index (χ1v) is 9.37. The highest BCUT2D eigenvalue weighted by Crippen LogP contribution is 2.17. The molecule has 1 aromatic carbocycles. The number of carbonyl (C=O) groups is 1. The summed E-state index contributed by atoms with van der Waals surface area (Å²) in [5.41, 5.74) is 1.10. The summed E-state index contributed by atoms with van der Waals surface area (Å²) in [7, 11) is 3.54. The second-order valence-corrected chi connectivity index (χ2v) is 6.42. The fourth-order valence-electron chi connectivity index (χ4n) is 2.19. The van der Waals surface area contributed by atoms with Gasteiger partial charge < -0.3 is 20.3 Å². The average molecular weight is 413 g/mol. The van der Waals surface area contributed by atoms with Gasteiger partial charge in [0, 0.05) is 57.8 Å². The van der Waals surface area contributed by atoms with Crippen LogP contribution in [0.5, 0.6) is 0 Å². The Labute approximate surface area is 159 Å². The Kier molecular flexibility index (Phi) is 10.9. The van der Waals surface area contributed by atoms with Crippen LogP contribution < -0.4 is 10.6 Å². The maximum atomic E-state index is 12.3. The first kappa shape index (κ1) is 21.4. The molecule has 0 aliphatic heterocycles. The molecule has 0 unspecified atom stereocenters. The number of rotatable bonds is 10. The molecule has 2 N–H and O–H groups in total. The zero-order valence-corrected chi connectivity index (χ0v) is 16.9. The van der Waals surface area contributed by atoms with E-state index in [9.17, 15) is 4.79 Å². The molecule has 0 aromatic heterocycles. The van der Waals surface area contributed by atoms with Crippen molar-refractivity contribution in [2.45, 2.75) is 26.3 Å². The van der Waals surface area contributed by atoms with Crippen molar-refractivity contribution in [1.29, 1.82) is 0 Å². The number of ether oxygens (including phenoxy) is 1. The minimum Gasteiger partial charge on any atom is -0.382 e. The van der Waals surface area contributed by atoms with Gasteiger partial charge >= 0.3 is 0 Å². The fraction of sp³-hybridized carbons (Fsp3) is 0.556. The Balaban J connectivity index is 2.27. The molecule has 0 spiro atoms. The molecule has 0 saturated heterocycles. The van der Waals surface area contributed by atoms with Crippen LogP contribution in [0, 0.1) is 0 Å². The highest BCUT2D eigenvalue weighted by atomic mass is 79.9. The summed E-state index contributed by atoms with van der Waals surface area (Å²) in [6.07, 6.45) is 1.34. The van der Waals surface area contributed by atoms with Crippen molar-refractivity contribution < 1.29 is 9.53 Å². The van der Waals surface area contributed by atoms with Gasteiger partial charge in [-0.3, -0.25) is 9.79 Å². The standard InChI is InChI=1S/C18H29BrN4O2/c1-4-25-13-7-11-21-18(20-2)22-12-10-17(24)23(3)14-15-8-5-6-9-16(15)19/h5-6,8-9H,4,7,10-14H2,1-3H3,(H2,20,21,22). The Morgan fingerprint density at radius 2 is 2.00 bits per heavy atom. The number of guanidine groups is 1. The normalized spacial score (nSPS) is 11.3. The van der Waals surface area contributed by atoms with Crippen LogP contribution in [0.3, 0.4) is 0 Å². The second kappa shape index (κ2) is 12.7. The molecule has 0 fully saturated rings. The topological polar surface area (TPSA) is 66.0 Å². The van der Waals surface area contributed by atoms with Gasteiger partial charge in [-0.05, 0) is 25.0 Å². The lowest BCUT2D eigenvalue weighted by Gasteiger charge is -2.19. The van der Waals surface area contributed by atoms with Crippen LogP contribution in [0.1, 0.15) is 25.3 Å². The molecule has 7 heteroatoms. The number of hydrogen-bond donors (Lipinski definition) is 2. The zero-order valence-electron chi connectivity index (χ0n) is 15.3. The van der Waals surface area contributed by atoms with E-state index in [0.717, 1.165) is 36.2 Å². The summed E-state index contributed by atoms with van der Waals surface area (Å²) in [6, 6.07) is 7.93. The highest BCUT2D eigenvalue weighted by Gasteiger charge is 2.10. The third-order valence-electron chi connectivity index (χ3n) is 3.61. The summed E-state index contributed by atoms with van der Waals surface area (Å²) in [5.74, 6) is 0.799. The van der Waals surface area contributed by atoms with E-state index in [1.807, 2.05) is 38.2 Å². The van der Waals surface area contributed by atoms with E-state index in [-0.39, 0.29) is 5.91 Å². The number of halogens is 1. The summed E-state index contributed by atoms with van der Waals surface area (Å²) in [4.78, 5) is 18.1. The first-order chi connectivity index (χ1) is 12.1. The number of amides is 1.